The highest BCUT2D eigenvalue weighted by atomic mass is 32.2. The van der Waals surface area contributed by atoms with Gasteiger partial charge in [0.25, 0.3) is 21.9 Å². The molecule has 1 heterocycles. The smallest absolute Gasteiger partial charge is 0.317 e. The largest absolute Gasteiger partial charge is 0.480 e. The molecular weight excluding hydrogens is 420 g/mol. The fourth-order valence-electron chi connectivity index (χ4n) is 2.41. The number of amides is 2. The van der Waals surface area contributed by atoms with E-state index in [1.54, 1.807) is 12.1 Å². The van der Waals surface area contributed by atoms with Gasteiger partial charge in [-0.2, -0.15) is 8.42 Å². The number of aliphatic carboxylic acids is 2. The molecule has 2 rings (SSSR count). The third kappa shape index (κ3) is 8.94. The molecule has 0 aliphatic carbocycles. The molecule has 0 radical (unpaired) electrons. The maximum atomic E-state index is 11.2. The van der Waals surface area contributed by atoms with Gasteiger partial charge in [-0.1, -0.05) is 17.7 Å². The van der Waals surface area contributed by atoms with E-state index >= 15 is 0 Å². The Bertz CT molecular complexity index is 889. The van der Waals surface area contributed by atoms with Crippen LogP contribution >= 0.6 is 0 Å². The van der Waals surface area contributed by atoms with Gasteiger partial charge in [0.15, 0.2) is 0 Å². The fraction of sp³-hybridized carbons (Fsp3) is 0.333. The summed E-state index contributed by atoms with van der Waals surface area (Å²) < 4.78 is 29.6. The Hall–Kier alpha value is -3.09. The second-order valence-electron chi connectivity index (χ2n) is 6.30. The molecule has 3 N–H and O–H groups in total. The number of carboxylic acid groups (broad SMARTS) is 2. The number of carbonyl (C=O) groups excluding carboxylic acids is 2. The number of aryl methyl sites for hydroxylation is 1. The molecule has 0 fully saturated rings. The van der Waals surface area contributed by atoms with Gasteiger partial charge in [0.05, 0.1) is 18.0 Å². The van der Waals surface area contributed by atoms with Crippen molar-refractivity contribution in [1.82, 2.24) is 9.80 Å². The van der Waals surface area contributed by atoms with Crippen LogP contribution in [0.25, 0.3) is 0 Å². The van der Waals surface area contributed by atoms with Crippen LogP contribution in [0.3, 0.4) is 0 Å². The molecule has 1 aromatic rings. The number of hydrogen-bond acceptors (Lipinski definition) is 7. The van der Waals surface area contributed by atoms with Gasteiger partial charge in [-0.05, 0) is 25.5 Å². The molecule has 1 aliphatic rings. The second kappa shape index (κ2) is 11.2. The number of hydrogen-bond donors (Lipinski definition) is 3. The van der Waals surface area contributed by atoms with Crippen LogP contribution in [0.4, 0.5) is 0 Å². The molecule has 30 heavy (non-hydrogen) atoms. The normalized spacial score (nSPS) is 13.4. The van der Waals surface area contributed by atoms with Gasteiger partial charge in [0, 0.05) is 25.2 Å². The molecule has 0 saturated heterocycles. The summed E-state index contributed by atoms with van der Waals surface area (Å²) in [5, 5.41) is 17.3. The van der Waals surface area contributed by atoms with Crippen LogP contribution in [0.1, 0.15) is 12.0 Å². The first-order chi connectivity index (χ1) is 13.9. The predicted octanol–water partition coefficient (Wildman–Crippen LogP) is 0.0144. The monoisotopic (exact) mass is 442 g/mol. The lowest BCUT2D eigenvalue weighted by Gasteiger charge is -2.19. The first kappa shape index (κ1) is 24.9. The van der Waals surface area contributed by atoms with Crippen molar-refractivity contribution in [2.24, 2.45) is 0 Å². The summed E-state index contributed by atoms with van der Waals surface area (Å²) in [7, 11) is -4.02. The van der Waals surface area contributed by atoms with Gasteiger partial charge in [-0.25, -0.2) is 0 Å². The van der Waals surface area contributed by atoms with Gasteiger partial charge in [0.2, 0.25) is 0 Å². The highest BCUT2D eigenvalue weighted by molar-refractivity contribution is 7.85. The molecule has 0 unspecified atom stereocenters. The Morgan fingerprint density at radius 2 is 1.43 bits per heavy atom. The topological polar surface area (TPSA) is 170 Å². The van der Waals surface area contributed by atoms with Crippen molar-refractivity contribution in [2.75, 3.05) is 26.2 Å². The molecule has 0 saturated carbocycles. The highest BCUT2D eigenvalue weighted by Gasteiger charge is 2.23. The molecule has 1 aromatic carbocycles. The van der Waals surface area contributed by atoms with Crippen LogP contribution in [0.15, 0.2) is 41.3 Å². The minimum absolute atomic E-state index is 0.0666. The first-order valence-corrected chi connectivity index (χ1v) is 10.1. The van der Waals surface area contributed by atoms with Crippen LogP contribution < -0.4 is 0 Å². The summed E-state index contributed by atoms with van der Waals surface area (Å²) >= 11 is 0. The van der Waals surface area contributed by atoms with E-state index in [2.05, 4.69) is 0 Å². The molecule has 164 valence electrons. The molecule has 0 aromatic heterocycles. The van der Waals surface area contributed by atoms with Crippen LogP contribution in [-0.2, 0) is 29.3 Å². The van der Waals surface area contributed by atoms with Crippen molar-refractivity contribution >= 4 is 33.9 Å². The standard InChI is InChI=1S/C11H14N2O6.C7H8O3S/c14-8-2-3-9(15)13(8)5-1-4-12(6-10(16)17)7-11(18)19;1-6-2-4-7(5-3-6)11(8,9)10/h2-3H,1,4-7H2,(H,16,17)(H,18,19);2-5H,1H3,(H,8,9,10). The van der Waals surface area contributed by atoms with E-state index in [1.165, 1.54) is 17.0 Å². The van der Waals surface area contributed by atoms with Crippen molar-refractivity contribution < 1.29 is 42.4 Å². The van der Waals surface area contributed by atoms with Crippen LogP contribution in [-0.4, -0.2) is 82.9 Å². The van der Waals surface area contributed by atoms with E-state index in [-0.39, 0.29) is 18.0 Å². The summed E-state index contributed by atoms with van der Waals surface area (Å²) in [6.45, 7) is 1.36. The van der Waals surface area contributed by atoms with Gasteiger partial charge in [-0.15, -0.1) is 0 Å². The molecule has 11 nitrogen and oxygen atoms in total. The average Bonchev–Trinajstić information content (AvgIpc) is 2.92. The molecular formula is C18H22N2O9S. The maximum absolute atomic E-state index is 11.2. The zero-order chi connectivity index (χ0) is 22.9. The first-order valence-electron chi connectivity index (χ1n) is 8.64. The minimum atomic E-state index is -4.02. The van der Waals surface area contributed by atoms with Gasteiger partial charge < -0.3 is 10.2 Å². The van der Waals surface area contributed by atoms with Gasteiger partial charge in [0.1, 0.15) is 0 Å². The van der Waals surface area contributed by atoms with E-state index in [1.807, 2.05) is 6.92 Å². The zero-order valence-electron chi connectivity index (χ0n) is 16.1. The summed E-state index contributed by atoms with van der Waals surface area (Å²) in [5.41, 5.74) is 0.956. The lowest BCUT2D eigenvalue weighted by atomic mass is 10.2. The minimum Gasteiger partial charge on any atom is -0.480 e. The highest BCUT2D eigenvalue weighted by Crippen LogP contribution is 2.08. The second-order valence-corrected chi connectivity index (χ2v) is 7.72. The number of nitrogens with zero attached hydrogens (tertiary/aromatic N) is 2. The zero-order valence-corrected chi connectivity index (χ0v) is 16.9. The third-order valence-corrected chi connectivity index (χ3v) is 4.66. The summed E-state index contributed by atoms with van der Waals surface area (Å²) in [4.78, 5) is 45.8. The third-order valence-electron chi connectivity index (χ3n) is 3.79. The summed E-state index contributed by atoms with van der Waals surface area (Å²) in [6.07, 6.45) is 2.64. The Kier molecular flexibility index (Phi) is 9.30. The van der Waals surface area contributed by atoms with E-state index in [0.29, 0.717) is 6.42 Å². The van der Waals surface area contributed by atoms with Crippen LogP contribution in [0.2, 0.25) is 0 Å². The summed E-state index contributed by atoms with van der Waals surface area (Å²) in [6, 6.07) is 5.99. The Balaban J connectivity index is 0.000000346. The molecule has 12 heteroatoms. The number of benzene rings is 1. The summed E-state index contributed by atoms with van der Waals surface area (Å²) in [5.74, 6) is -3.08. The van der Waals surface area contributed by atoms with Crippen molar-refractivity contribution in [3.63, 3.8) is 0 Å². The quantitative estimate of drug-likeness (QED) is 0.350. The van der Waals surface area contributed by atoms with Gasteiger partial charge >= 0.3 is 11.9 Å². The van der Waals surface area contributed by atoms with Crippen molar-refractivity contribution in [3.05, 3.63) is 42.0 Å². The van der Waals surface area contributed by atoms with E-state index in [9.17, 15) is 27.6 Å². The maximum Gasteiger partial charge on any atom is 0.317 e. The lowest BCUT2D eigenvalue weighted by Crippen LogP contribution is -2.38. The Morgan fingerprint density at radius 1 is 0.967 bits per heavy atom. The van der Waals surface area contributed by atoms with Gasteiger partial charge in [-0.3, -0.25) is 33.5 Å². The SMILES string of the molecule is Cc1ccc(S(=O)(=O)O)cc1.O=C(O)CN(CCCN1C(=O)C=CC1=O)CC(=O)O. The van der Waals surface area contributed by atoms with E-state index in [4.69, 9.17) is 14.8 Å². The van der Waals surface area contributed by atoms with Crippen LogP contribution in [0, 0.1) is 6.92 Å². The molecule has 0 spiro atoms. The van der Waals surface area contributed by atoms with Crippen molar-refractivity contribution in [3.8, 4) is 0 Å². The number of rotatable bonds is 9. The van der Waals surface area contributed by atoms with E-state index in [0.717, 1.165) is 22.6 Å². The number of imide groups is 1. The molecule has 0 bridgehead atoms. The number of carbonyl (C=O) groups is 4. The molecule has 1 aliphatic heterocycles. The van der Waals surface area contributed by atoms with Crippen molar-refractivity contribution in [1.29, 1.82) is 0 Å². The Morgan fingerprint density at radius 3 is 1.83 bits per heavy atom. The lowest BCUT2D eigenvalue weighted by molar-refractivity contribution is -0.143. The van der Waals surface area contributed by atoms with E-state index < -0.39 is 47.0 Å². The predicted molar refractivity (Wildman–Crippen MR) is 103 cm³/mol. The van der Waals surface area contributed by atoms with Crippen LogP contribution in [0.5, 0.6) is 0 Å². The fourth-order valence-corrected chi connectivity index (χ4v) is 2.89. The molecule has 0 atom stereocenters. The average molecular weight is 442 g/mol. The van der Waals surface area contributed by atoms with Crippen molar-refractivity contribution in [2.45, 2.75) is 18.2 Å². The Labute approximate surface area is 173 Å². The molecule has 2 amide bonds. The number of carboxylic acids is 2.